The minimum Gasteiger partial charge on any atom is -0.485 e. The van der Waals surface area contributed by atoms with Crippen LogP contribution in [0.25, 0.3) is 0 Å². The molecule has 0 saturated heterocycles. The molecule has 0 amide bonds. The molecule has 0 bridgehead atoms. The normalized spacial score (nSPS) is 21.6. The maximum Gasteiger partial charge on any atom is 0.127 e. The second kappa shape index (κ2) is 4.99. The Morgan fingerprint density at radius 1 is 1.16 bits per heavy atom. The van der Waals surface area contributed by atoms with Crippen LogP contribution in [0, 0.1) is 6.92 Å². The molecule has 2 aromatic carbocycles. The van der Waals surface area contributed by atoms with E-state index in [9.17, 15) is 0 Å². The van der Waals surface area contributed by atoms with Crippen molar-refractivity contribution in [2.75, 3.05) is 0 Å². The molecule has 2 atom stereocenters. The minimum atomic E-state index is 0.0146. The number of benzene rings is 2. The van der Waals surface area contributed by atoms with Gasteiger partial charge in [-0.15, -0.1) is 0 Å². The quantitative estimate of drug-likeness (QED) is 0.852. The number of ether oxygens (including phenoxy) is 1. The molecular weight excluding hydrogens is 302 g/mol. The Morgan fingerprint density at radius 3 is 2.74 bits per heavy atom. The molecule has 1 aliphatic heterocycles. The molecule has 0 fully saturated rings. The summed E-state index contributed by atoms with van der Waals surface area (Å²) in [6.07, 6.45) is 0.819. The van der Waals surface area contributed by atoms with Gasteiger partial charge in [-0.1, -0.05) is 51.8 Å². The van der Waals surface area contributed by atoms with Crippen molar-refractivity contribution in [3.63, 3.8) is 0 Å². The van der Waals surface area contributed by atoms with Crippen LogP contribution in [0.3, 0.4) is 0 Å². The van der Waals surface area contributed by atoms with Gasteiger partial charge < -0.3 is 10.5 Å². The molecule has 0 aliphatic carbocycles. The molecular formula is C16H16BrNO. The van der Waals surface area contributed by atoms with Gasteiger partial charge in [-0.25, -0.2) is 0 Å². The lowest BCUT2D eigenvalue weighted by atomic mass is 9.93. The van der Waals surface area contributed by atoms with E-state index in [1.165, 1.54) is 5.56 Å². The van der Waals surface area contributed by atoms with Crippen LogP contribution in [0.2, 0.25) is 0 Å². The van der Waals surface area contributed by atoms with E-state index in [0.29, 0.717) is 0 Å². The van der Waals surface area contributed by atoms with Crippen molar-refractivity contribution in [3.8, 4) is 5.75 Å². The summed E-state index contributed by atoms with van der Waals surface area (Å²) in [6.45, 7) is 2.08. The standard InChI is InChI=1S/C16H16BrNO/c1-10-6-7-15-12(8-10)14(18)9-16(19-15)11-4-2-3-5-13(11)17/h2-8,14,16H,9,18H2,1H3/t14-,16?/m1/s1. The zero-order chi connectivity index (χ0) is 13.4. The molecule has 19 heavy (non-hydrogen) atoms. The van der Waals surface area contributed by atoms with Gasteiger partial charge in [0.1, 0.15) is 11.9 Å². The molecule has 0 radical (unpaired) electrons. The molecule has 2 nitrogen and oxygen atoms in total. The average molecular weight is 318 g/mol. The van der Waals surface area contributed by atoms with Crippen LogP contribution in [0.1, 0.15) is 35.3 Å². The molecule has 1 aliphatic rings. The lowest BCUT2D eigenvalue weighted by Crippen LogP contribution is -2.24. The van der Waals surface area contributed by atoms with Crippen LogP contribution in [-0.2, 0) is 0 Å². The van der Waals surface area contributed by atoms with Crippen molar-refractivity contribution in [2.45, 2.75) is 25.5 Å². The lowest BCUT2D eigenvalue weighted by Gasteiger charge is -2.31. The average Bonchev–Trinajstić information content (AvgIpc) is 2.40. The molecule has 0 saturated carbocycles. The van der Waals surface area contributed by atoms with Crippen LogP contribution in [0.4, 0.5) is 0 Å². The fraction of sp³-hybridized carbons (Fsp3) is 0.250. The fourth-order valence-electron chi connectivity index (χ4n) is 2.55. The van der Waals surface area contributed by atoms with Crippen LogP contribution < -0.4 is 10.5 Å². The molecule has 98 valence electrons. The van der Waals surface area contributed by atoms with Gasteiger partial charge in [0.15, 0.2) is 0 Å². The Hall–Kier alpha value is -1.32. The molecule has 3 heteroatoms. The predicted molar refractivity (Wildman–Crippen MR) is 80.2 cm³/mol. The van der Waals surface area contributed by atoms with E-state index in [0.717, 1.165) is 27.8 Å². The fourth-order valence-corrected chi connectivity index (χ4v) is 3.09. The number of nitrogens with two attached hydrogens (primary N) is 1. The number of aryl methyl sites for hydroxylation is 1. The highest BCUT2D eigenvalue weighted by molar-refractivity contribution is 9.10. The van der Waals surface area contributed by atoms with Gasteiger partial charge in [0.25, 0.3) is 0 Å². The monoisotopic (exact) mass is 317 g/mol. The Kier molecular flexibility index (Phi) is 3.33. The second-order valence-corrected chi connectivity index (χ2v) is 5.87. The maximum atomic E-state index is 6.30. The Bertz CT molecular complexity index is 611. The Morgan fingerprint density at radius 2 is 1.95 bits per heavy atom. The van der Waals surface area contributed by atoms with Gasteiger partial charge in [-0.05, 0) is 19.1 Å². The third-order valence-corrected chi connectivity index (χ3v) is 4.28. The van der Waals surface area contributed by atoms with E-state index < -0.39 is 0 Å². The van der Waals surface area contributed by atoms with E-state index in [1.54, 1.807) is 0 Å². The van der Waals surface area contributed by atoms with Crippen molar-refractivity contribution in [1.29, 1.82) is 0 Å². The zero-order valence-corrected chi connectivity index (χ0v) is 12.4. The van der Waals surface area contributed by atoms with Gasteiger partial charge in [-0.2, -0.15) is 0 Å². The van der Waals surface area contributed by atoms with Crippen LogP contribution in [-0.4, -0.2) is 0 Å². The first-order valence-electron chi connectivity index (χ1n) is 6.42. The van der Waals surface area contributed by atoms with E-state index in [2.05, 4.69) is 41.1 Å². The van der Waals surface area contributed by atoms with Crippen molar-refractivity contribution < 1.29 is 4.74 Å². The third-order valence-electron chi connectivity index (χ3n) is 3.55. The maximum absolute atomic E-state index is 6.30. The first-order chi connectivity index (χ1) is 9.15. The van der Waals surface area contributed by atoms with Crippen LogP contribution >= 0.6 is 15.9 Å². The Labute approximate surface area is 121 Å². The molecule has 1 unspecified atom stereocenters. The summed E-state index contributed by atoms with van der Waals surface area (Å²) in [5, 5.41) is 0. The highest BCUT2D eigenvalue weighted by atomic mass is 79.9. The summed E-state index contributed by atoms with van der Waals surface area (Å²) < 4.78 is 7.19. The van der Waals surface area contributed by atoms with Crippen molar-refractivity contribution in [1.82, 2.24) is 0 Å². The highest BCUT2D eigenvalue weighted by Gasteiger charge is 2.28. The first-order valence-corrected chi connectivity index (χ1v) is 7.21. The molecule has 0 spiro atoms. The number of hydrogen-bond donors (Lipinski definition) is 1. The van der Waals surface area contributed by atoms with Gasteiger partial charge >= 0.3 is 0 Å². The largest absolute Gasteiger partial charge is 0.485 e. The number of fused-ring (bicyclic) bond motifs is 1. The van der Waals surface area contributed by atoms with Crippen molar-refractivity contribution >= 4 is 15.9 Å². The van der Waals surface area contributed by atoms with E-state index >= 15 is 0 Å². The molecule has 2 N–H and O–H groups in total. The van der Waals surface area contributed by atoms with E-state index in [-0.39, 0.29) is 12.1 Å². The SMILES string of the molecule is Cc1ccc2c(c1)[C@H](N)CC(c1ccccc1Br)O2. The van der Waals surface area contributed by atoms with Crippen molar-refractivity contribution in [3.05, 3.63) is 63.6 Å². The Balaban J connectivity index is 1.97. The van der Waals surface area contributed by atoms with Gasteiger partial charge in [0.05, 0.1) is 0 Å². The summed E-state index contributed by atoms with van der Waals surface area (Å²) in [4.78, 5) is 0. The lowest BCUT2D eigenvalue weighted by molar-refractivity contribution is 0.161. The minimum absolute atomic E-state index is 0.0146. The van der Waals surface area contributed by atoms with Crippen molar-refractivity contribution in [2.24, 2.45) is 5.73 Å². The summed E-state index contributed by atoms with van der Waals surface area (Å²) in [5.41, 5.74) is 9.79. The molecule has 3 rings (SSSR count). The van der Waals surface area contributed by atoms with Gasteiger partial charge in [-0.3, -0.25) is 0 Å². The number of hydrogen-bond acceptors (Lipinski definition) is 2. The van der Waals surface area contributed by atoms with Crippen LogP contribution in [0.5, 0.6) is 5.75 Å². The highest BCUT2D eigenvalue weighted by Crippen LogP contribution is 2.41. The summed E-state index contributed by atoms with van der Waals surface area (Å²) in [5.74, 6) is 0.908. The molecule has 0 aromatic heterocycles. The van der Waals surface area contributed by atoms with Crippen LogP contribution in [0.15, 0.2) is 46.9 Å². The second-order valence-electron chi connectivity index (χ2n) is 5.01. The third kappa shape index (κ3) is 2.40. The van der Waals surface area contributed by atoms with E-state index in [1.807, 2.05) is 24.3 Å². The topological polar surface area (TPSA) is 35.2 Å². The first kappa shape index (κ1) is 12.7. The number of rotatable bonds is 1. The smallest absolute Gasteiger partial charge is 0.127 e. The van der Waals surface area contributed by atoms with Gasteiger partial charge in [0, 0.05) is 28.1 Å². The summed E-state index contributed by atoms with van der Waals surface area (Å²) in [7, 11) is 0. The number of halogens is 1. The summed E-state index contributed by atoms with van der Waals surface area (Å²) in [6, 6.07) is 14.4. The summed E-state index contributed by atoms with van der Waals surface area (Å²) >= 11 is 3.58. The molecule has 1 heterocycles. The van der Waals surface area contributed by atoms with Gasteiger partial charge in [0.2, 0.25) is 0 Å². The predicted octanol–water partition coefficient (Wildman–Crippen LogP) is 4.28. The van der Waals surface area contributed by atoms with E-state index in [4.69, 9.17) is 10.5 Å². The molecule has 2 aromatic rings. The zero-order valence-electron chi connectivity index (χ0n) is 10.8.